The lowest BCUT2D eigenvalue weighted by molar-refractivity contribution is -0.151. The largest absolute Gasteiger partial charge is 0.390 e. The van der Waals surface area contributed by atoms with E-state index in [2.05, 4.69) is 16.0 Å². The summed E-state index contributed by atoms with van der Waals surface area (Å²) in [5.74, 6) is -8.37. The third-order valence-corrected chi connectivity index (χ3v) is 10.4. The van der Waals surface area contributed by atoms with Gasteiger partial charge in [0.05, 0.1) is 22.9 Å². The van der Waals surface area contributed by atoms with Gasteiger partial charge in [0.25, 0.3) is 5.91 Å². The van der Waals surface area contributed by atoms with Crippen molar-refractivity contribution < 1.29 is 37.5 Å². The molecule has 2 aromatic carbocycles. The quantitative estimate of drug-likeness (QED) is 0.163. The van der Waals surface area contributed by atoms with Gasteiger partial charge < -0.3 is 30.8 Å². The maximum atomic E-state index is 15.8. The number of nitrogens with one attached hydrogen (secondary N) is 3. The zero-order valence-electron chi connectivity index (χ0n) is 29.4. The molecule has 4 N–H and O–H groups in total. The Hall–Kier alpha value is -4.44. The van der Waals surface area contributed by atoms with Crippen molar-refractivity contribution in [2.45, 2.75) is 108 Å². The van der Waals surface area contributed by atoms with E-state index in [9.17, 15) is 29.5 Å². The summed E-state index contributed by atoms with van der Waals surface area (Å²) in [6, 6.07) is 9.54. The van der Waals surface area contributed by atoms with Gasteiger partial charge in [0.1, 0.15) is 23.7 Å². The molecular weight excluding hydrogens is 663 g/mol. The van der Waals surface area contributed by atoms with Gasteiger partial charge in [0.2, 0.25) is 11.8 Å². The minimum Gasteiger partial charge on any atom is -0.390 e. The van der Waals surface area contributed by atoms with Crippen molar-refractivity contribution in [3.8, 4) is 6.07 Å². The van der Waals surface area contributed by atoms with E-state index >= 15 is 13.2 Å². The van der Waals surface area contributed by atoms with E-state index in [1.54, 1.807) is 37.8 Å². The predicted octanol–water partition coefficient (Wildman–Crippen LogP) is 5.30. The summed E-state index contributed by atoms with van der Waals surface area (Å²) in [5.41, 5.74) is -3.08. The summed E-state index contributed by atoms with van der Waals surface area (Å²) >= 11 is 0. The van der Waals surface area contributed by atoms with Gasteiger partial charge in [0.15, 0.2) is 0 Å². The molecule has 1 aliphatic carbocycles. The zero-order chi connectivity index (χ0) is 37.4. The average molecular weight is 712 g/mol. The summed E-state index contributed by atoms with van der Waals surface area (Å²) in [6.45, 7) is 5.31. The maximum Gasteiger partial charge on any atom is 0.349 e. The van der Waals surface area contributed by atoms with Crippen molar-refractivity contribution in [2.75, 3.05) is 25.0 Å². The topological polar surface area (TPSA) is 152 Å². The molecule has 3 amide bonds. The number of nitriles is 1. The number of hydrogen-bond acceptors (Lipinski definition) is 7. The smallest absolute Gasteiger partial charge is 0.349 e. The molecule has 1 aliphatic heterocycles. The number of nitrogens with zero attached hydrogens (tertiary/aromatic N) is 2. The first-order valence-electron chi connectivity index (χ1n) is 17.7. The van der Waals surface area contributed by atoms with Crippen LogP contribution in [0.25, 0.3) is 0 Å². The highest BCUT2D eigenvalue weighted by atomic mass is 19.3. The number of alkyl halides is 2. The van der Waals surface area contributed by atoms with Crippen LogP contribution in [0, 0.1) is 23.1 Å². The van der Waals surface area contributed by atoms with Crippen molar-refractivity contribution in [3.05, 3.63) is 65.0 Å². The number of carbonyl (C=O) groups excluding carboxylic acids is 4. The summed E-state index contributed by atoms with van der Waals surface area (Å²) < 4.78 is 46.8. The van der Waals surface area contributed by atoms with E-state index in [4.69, 9.17) is 0 Å². The van der Waals surface area contributed by atoms with E-state index < -0.39 is 52.2 Å². The number of carbonyl (C=O) groups is 4. The average Bonchev–Trinajstić information content (AvgIpc) is 3.42. The molecule has 51 heavy (non-hydrogen) atoms. The van der Waals surface area contributed by atoms with E-state index in [1.165, 1.54) is 24.3 Å². The van der Waals surface area contributed by atoms with Gasteiger partial charge >= 0.3 is 5.92 Å². The van der Waals surface area contributed by atoms with Crippen LogP contribution in [0.5, 0.6) is 0 Å². The van der Waals surface area contributed by atoms with Crippen LogP contribution in [-0.4, -0.2) is 70.8 Å². The Kier molecular flexibility index (Phi) is 12.9. The van der Waals surface area contributed by atoms with Gasteiger partial charge in [-0.2, -0.15) is 14.0 Å². The number of amides is 3. The third-order valence-electron chi connectivity index (χ3n) is 10.4. The van der Waals surface area contributed by atoms with E-state index in [1.807, 2.05) is 0 Å². The lowest BCUT2D eigenvalue weighted by Gasteiger charge is -2.38. The summed E-state index contributed by atoms with van der Waals surface area (Å²) in [7, 11) is 0. The number of piperidine rings is 1. The lowest BCUT2D eigenvalue weighted by Crippen LogP contribution is -2.62. The van der Waals surface area contributed by atoms with Gasteiger partial charge in [-0.05, 0) is 68.4 Å². The minimum atomic E-state index is -4.07. The lowest BCUT2D eigenvalue weighted by atomic mass is 9.79. The number of aliphatic hydroxyl groups is 1. The number of benzene rings is 2. The maximum absolute atomic E-state index is 15.8. The molecular formula is C38H48F3N5O5. The number of hydrogen-bond donors (Lipinski definition) is 4. The Labute approximate surface area is 297 Å². The van der Waals surface area contributed by atoms with Gasteiger partial charge in [-0.1, -0.05) is 57.7 Å². The summed E-state index contributed by atoms with van der Waals surface area (Å²) in [5, 5.41) is 27.5. The molecule has 10 nitrogen and oxygen atoms in total. The Bertz CT molecular complexity index is 1610. The van der Waals surface area contributed by atoms with Gasteiger partial charge in [-0.15, -0.1) is 0 Å². The first-order chi connectivity index (χ1) is 24.2. The Morgan fingerprint density at radius 3 is 2.35 bits per heavy atom. The van der Waals surface area contributed by atoms with Crippen LogP contribution < -0.4 is 16.0 Å². The van der Waals surface area contributed by atoms with Crippen LogP contribution in [0.1, 0.15) is 101 Å². The second kappa shape index (κ2) is 16.7. The molecule has 3 atom stereocenters. The molecule has 2 aliphatic rings. The van der Waals surface area contributed by atoms with Gasteiger partial charge in [-0.3, -0.25) is 14.4 Å². The molecule has 13 heteroatoms. The van der Waals surface area contributed by atoms with Crippen molar-refractivity contribution >= 4 is 29.7 Å². The van der Waals surface area contributed by atoms with Crippen molar-refractivity contribution in [2.24, 2.45) is 5.92 Å². The first kappa shape index (κ1) is 39.3. The van der Waals surface area contributed by atoms with Crippen molar-refractivity contribution in [1.29, 1.82) is 5.26 Å². The van der Waals surface area contributed by atoms with Gasteiger partial charge in [-0.25, -0.2) is 4.39 Å². The minimum absolute atomic E-state index is 0.0488. The molecule has 1 saturated heterocycles. The fourth-order valence-electron chi connectivity index (χ4n) is 6.93. The number of rotatable bonds is 13. The predicted molar refractivity (Wildman–Crippen MR) is 185 cm³/mol. The SMILES string of the molecule is CCC(=O)N[C@@H](C(=O)N1CCC(C)(O)CC1)[C@@H](C)c1ccc(NC[C@](C=O)(NC(=O)C(F)(F)c2cccc(C#N)c2)C2CCCCCC2)c(F)c1. The van der Waals surface area contributed by atoms with Crippen molar-refractivity contribution in [3.63, 3.8) is 0 Å². The van der Waals surface area contributed by atoms with E-state index in [0.717, 1.165) is 37.8 Å². The van der Waals surface area contributed by atoms with Crippen LogP contribution in [-0.2, 0) is 25.1 Å². The normalized spacial score (nSPS) is 19.0. The molecule has 2 aromatic rings. The standard InChI is InChI=1S/C38H48F3N5O5/c1-4-32(48)44-33(34(49)46-18-16-36(3,51)17-19-46)25(2)27-14-15-31(30(39)21-27)43-23-37(24-47,28-11-7-5-6-8-12-28)45-35(50)38(40,41)29-13-9-10-26(20-29)22-42/h9-10,13-15,20-21,24-25,28,33,43,51H,4-8,11-12,16-19,23H2,1-3H3,(H,44,48)(H,45,50)/t25-,33+,37+/m0/s1. The summed E-state index contributed by atoms with van der Waals surface area (Å²) in [4.78, 5) is 53.8. The highest BCUT2D eigenvalue weighted by Gasteiger charge is 2.48. The summed E-state index contributed by atoms with van der Waals surface area (Å²) in [6.07, 6.45) is 5.56. The molecule has 276 valence electrons. The molecule has 0 radical (unpaired) electrons. The molecule has 4 rings (SSSR count). The number of aldehydes is 1. The fraction of sp³-hybridized carbons (Fsp3) is 0.553. The number of likely N-dealkylation sites (tertiary alicyclic amines) is 1. The molecule has 0 unspecified atom stereocenters. The third kappa shape index (κ3) is 9.47. The van der Waals surface area contributed by atoms with Crippen LogP contribution in [0.3, 0.4) is 0 Å². The Morgan fingerprint density at radius 2 is 1.76 bits per heavy atom. The zero-order valence-corrected chi connectivity index (χ0v) is 29.4. The van der Waals surface area contributed by atoms with E-state index in [-0.39, 0.29) is 36.0 Å². The van der Waals surface area contributed by atoms with Crippen molar-refractivity contribution in [1.82, 2.24) is 15.5 Å². The van der Waals surface area contributed by atoms with Crippen LogP contribution in [0.15, 0.2) is 42.5 Å². The highest BCUT2D eigenvalue weighted by molar-refractivity contribution is 5.89. The second-order valence-electron chi connectivity index (χ2n) is 14.2. The Morgan fingerprint density at radius 1 is 1.10 bits per heavy atom. The molecule has 0 bridgehead atoms. The highest BCUT2D eigenvalue weighted by Crippen LogP contribution is 2.35. The number of halogens is 3. The van der Waals surface area contributed by atoms with Crippen LogP contribution in [0.4, 0.5) is 18.9 Å². The molecule has 1 heterocycles. The first-order valence-corrected chi connectivity index (χ1v) is 17.7. The second-order valence-corrected chi connectivity index (χ2v) is 14.2. The van der Waals surface area contributed by atoms with Crippen LogP contribution in [0.2, 0.25) is 0 Å². The Balaban J connectivity index is 1.57. The molecule has 2 fully saturated rings. The fourth-order valence-corrected chi connectivity index (χ4v) is 6.93. The monoisotopic (exact) mass is 711 g/mol. The molecule has 0 spiro atoms. The molecule has 1 saturated carbocycles. The van der Waals surface area contributed by atoms with Crippen LogP contribution >= 0.6 is 0 Å². The van der Waals surface area contributed by atoms with E-state index in [0.29, 0.717) is 50.6 Å². The van der Waals surface area contributed by atoms with Gasteiger partial charge in [0, 0.05) is 37.5 Å². The number of anilines is 1. The molecule has 0 aromatic heterocycles.